The van der Waals surface area contributed by atoms with Crippen LogP contribution in [0, 0.1) is 11.8 Å². The standard InChI is InChI=1S/C19H28NO3.BrH/c1-20(2)11-10-14-4-9-18(12-16(14)13-20)23-19(21)15-5-7-17(22-3)8-6-15;/h5-8,14,16,18H,4,9-13H2,1-3H3;1H/q+1;/p-1. The molecule has 24 heavy (non-hydrogen) atoms. The molecular weight excluding hydrogens is 370 g/mol. The lowest BCUT2D eigenvalue weighted by Gasteiger charge is -2.45. The van der Waals surface area contributed by atoms with Crippen molar-refractivity contribution >= 4 is 5.97 Å². The number of piperidine rings is 1. The fourth-order valence-corrected chi connectivity index (χ4v) is 4.18. The van der Waals surface area contributed by atoms with Gasteiger partial charge < -0.3 is 30.9 Å². The average Bonchev–Trinajstić information content (AvgIpc) is 2.53. The third-order valence-corrected chi connectivity index (χ3v) is 5.53. The van der Waals surface area contributed by atoms with Crippen LogP contribution in [0.1, 0.15) is 36.0 Å². The van der Waals surface area contributed by atoms with E-state index in [1.54, 1.807) is 31.4 Å². The summed E-state index contributed by atoms with van der Waals surface area (Å²) in [6.45, 7) is 2.48. The van der Waals surface area contributed by atoms with Crippen molar-refractivity contribution in [1.29, 1.82) is 0 Å². The largest absolute Gasteiger partial charge is 1.00 e. The van der Waals surface area contributed by atoms with Crippen molar-refractivity contribution < 1.29 is 35.7 Å². The number of quaternary nitrogens is 1. The molecule has 1 aromatic rings. The lowest BCUT2D eigenvalue weighted by atomic mass is 9.73. The van der Waals surface area contributed by atoms with Crippen molar-refractivity contribution in [2.75, 3.05) is 34.3 Å². The van der Waals surface area contributed by atoms with Crippen molar-refractivity contribution in [3.63, 3.8) is 0 Å². The van der Waals surface area contributed by atoms with E-state index in [9.17, 15) is 4.79 Å². The van der Waals surface area contributed by atoms with Crippen LogP contribution in [0.4, 0.5) is 0 Å². The minimum absolute atomic E-state index is 0. The summed E-state index contributed by atoms with van der Waals surface area (Å²) in [4.78, 5) is 12.3. The second-order valence-corrected chi connectivity index (χ2v) is 7.72. The van der Waals surface area contributed by atoms with Crippen LogP contribution in [0.3, 0.4) is 0 Å². The Hall–Kier alpha value is -1.07. The number of hydrogen-bond donors (Lipinski definition) is 0. The van der Waals surface area contributed by atoms with Gasteiger partial charge in [-0.1, -0.05) is 0 Å². The van der Waals surface area contributed by atoms with Gasteiger partial charge in [-0.2, -0.15) is 0 Å². The van der Waals surface area contributed by atoms with Gasteiger partial charge in [0.1, 0.15) is 11.9 Å². The van der Waals surface area contributed by atoms with Crippen molar-refractivity contribution in [2.45, 2.75) is 31.8 Å². The molecular formula is C19H28BrNO3. The number of esters is 1. The van der Waals surface area contributed by atoms with Gasteiger partial charge >= 0.3 is 5.97 Å². The molecule has 1 aliphatic carbocycles. The van der Waals surface area contributed by atoms with Crippen molar-refractivity contribution in [1.82, 2.24) is 0 Å². The van der Waals surface area contributed by atoms with Gasteiger partial charge in [0, 0.05) is 5.92 Å². The number of methoxy groups -OCH3 is 1. The first-order chi connectivity index (χ1) is 11.0. The summed E-state index contributed by atoms with van der Waals surface area (Å²) in [7, 11) is 6.24. The Morgan fingerprint density at radius 3 is 2.46 bits per heavy atom. The highest BCUT2D eigenvalue weighted by atomic mass is 79.9. The molecule has 1 aliphatic heterocycles. The number of ether oxygens (including phenoxy) is 2. The molecule has 134 valence electrons. The highest BCUT2D eigenvalue weighted by Crippen LogP contribution is 2.38. The zero-order valence-electron chi connectivity index (χ0n) is 14.8. The predicted octanol–water partition coefficient (Wildman–Crippen LogP) is 0.121. The fraction of sp³-hybridized carbons (Fsp3) is 0.632. The molecule has 3 rings (SSSR count). The summed E-state index contributed by atoms with van der Waals surface area (Å²) < 4.78 is 12.0. The monoisotopic (exact) mass is 397 g/mol. The van der Waals surface area contributed by atoms with Crippen LogP contribution in [0.2, 0.25) is 0 Å². The van der Waals surface area contributed by atoms with Crippen LogP contribution in [0.25, 0.3) is 0 Å². The molecule has 0 amide bonds. The highest BCUT2D eigenvalue weighted by molar-refractivity contribution is 5.89. The molecule has 0 spiro atoms. The zero-order valence-corrected chi connectivity index (χ0v) is 16.4. The van der Waals surface area contributed by atoms with Crippen LogP contribution in [-0.2, 0) is 4.74 Å². The topological polar surface area (TPSA) is 35.5 Å². The van der Waals surface area contributed by atoms with E-state index in [1.165, 1.54) is 25.9 Å². The van der Waals surface area contributed by atoms with E-state index < -0.39 is 0 Å². The molecule has 4 nitrogen and oxygen atoms in total. The van der Waals surface area contributed by atoms with Gasteiger partial charge in [0.2, 0.25) is 0 Å². The van der Waals surface area contributed by atoms with Crippen LogP contribution >= 0.6 is 0 Å². The molecule has 2 aliphatic rings. The lowest BCUT2D eigenvalue weighted by molar-refractivity contribution is -0.900. The fourth-order valence-electron chi connectivity index (χ4n) is 4.18. The number of rotatable bonds is 3. The van der Waals surface area contributed by atoms with E-state index in [-0.39, 0.29) is 29.1 Å². The second kappa shape index (κ2) is 7.87. The first-order valence-corrected chi connectivity index (χ1v) is 8.64. The number of fused-ring (bicyclic) bond motifs is 1. The molecule has 0 N–H and O–H groups in total. The number of benzene rings is 1. The van der Waals surface area contributed by atoms with Crippen LogP contribution in [0.15, 0.2) is 24.3 Å². The third-order valence-electron chi connectivity index (χ3n) is 5.53. The maximum atomic E-state index is 12.3. The highest BCUT2D eigenvalue weighted by Gasteiger charge is 2.40. The molecule has 1 saturated carbocycles. The SMILES string of the molecule is COc1ccc(C(=O)OC2CCC3CC[N+](C)(C)CC3C2)cc1.[Br-]. The van der Waals surface area contributed by atoms with Gasteiger partial charge in [0.05, 0.1) is 39.9 Å². The summed E-state index contributed by atoms with van der Waals surface area (Å²) in [5.41, 5.74) is 0.604. The van der Waals surface area contributed by atoms with Crippen LogP contribution in [-0.4, -0.2) is 50.9 Å². The minimum atomic E-state index is -0.208. The van der Waals surface area contributed by atoms with Crippen molar-refractivity contribution in [2.24, 2.45) is 11.8 Å². The van der Waals surface area contributed by atoms with Gasteiger partial charge in [-0.15, -0.1) is 0 Å². The van der Waals surface area contributed by atoms with Gasteiger partial charge in [0.25, 0.3) is 0 Å². The van der Waals surface area contributed by atoms with Crippen LogP contribution < -0.4 is 21.7 Å². The van der Waals surface area contributed by atoms with E-state index in [0.717, 1.165) is 29.0 Å². The first kappa shape index (κ1) is 19.3. The Morgan fingerprint density at radius 2 is 1.79 bits per heavy atom. The number of carbonyl (C=O) groups excluding carboxylic acids is 1. The summed E-state index contributed by atoms with van der Waals surface area (Å²) >= 11 is 0. The third kappa shape index (κ3) is 4.51. The molecule has 1 saturated heterocycles. The van der Waals surface area contributed by atoms with Crippen molar-refractivity contribution in [3.05, 3.63) is 29.8 Å². The maximum absolute atomic E-state index is 12.3. The Kier molecular flexibility index (Phi) is 6.32. The normalized spacial score (nSPS) is 28.2. The van der Waals surface area contributed by atoms with Crippen molar-refractivity contribution in [3.8, 4) is 5.75 Å². The van der Waals surface area contributed by atoms with Gasteiger partial charge in [-0.3, -0.25) is 0 Å². The van der Waals surface area contributed by atoms with Crippen LogP contribution in [0.5, 0.6) is 5.75 Å². The number of nitrogens with zero attached hydrogens (tertiary/aromatic N) is 1. The summed E-state index contributed by atoms with van der Waals surface area (Å²) in [6.07, 6.45) is 4.62. The smallest absolute Gasteiger partial charge is 0.338 e. The molecule has 5 heteroatoms. The number of likely N-dealkylation sites (tertiary alicyclic amines) is 1. The van der Waals surface area contributed by atoms with Gasteiger partial charge in [-0.05, 0) is 55.9 Å². The molecule has 0 radical (unpaired) electrons. The molecule has 1 heterocycles. The number of carbonyl (C=O) groups is 1. The van der Waals surface area contributed by atoms with E-state index in [1.807, 2.05) is 0 Å². The average molecular weight is 398 g/mol. The van der Waals surface area contributed by atoms with E-state index in [4.69, 9.17) is 9.47 Å². The molecule has 0 aromatic heterocycles. The molecule has 3 atom stereocenters. The summed E-state index contributed by atoms with van der Waals surface area (Å²) in [6, 6.07) is 7.14. The van der Waals surface area contributed by atoms with E-state index >= 15 is 0 Å². The maximum Gasteiger partial charge on any atom is 0.338 e. The summed E-state index contributed by atoms with van der Waals surface area (Å²) in [5.74, 6) is 2.07. The summed E-state index contributed by atoms with van der Waals surface area (Å²) in [5, 5.41) is 0. The molecule has 2 fully saturated rings. The molecule has 0 bridgehead atoms. The molecule has 1 aromatic carbocycles. The number of halogens is 1. The Labute approximate surface area is 155 Å². The lowest BCUT2D eigenvalue weighted by Crippen LogP contribution is -3.00. The van der Waals surface area contributed by atoms with Gasteiger partial charge in [-0.25, -0.2) is 4.79 Å². The minimum Gasteiger partial charge on any atom is -1.00 e. The molecule has 3 unspecified atom stereocenters. The Morgan fingerprint density at radius 1 is 1.08 bits per heavy atom. The quantitative estimate of drug-likeness (QED) is 0.536. The zero-order chi connectivity index (χ0) is 16.4. The van der Waals surface area contributed by atoms with E-state index in [0.29, 0.717) is 11.5 Å². The Bertz CT molecular complexity index is 558. The predicted molar refractivity (Wildman–Crippen MR) is 89.5 cm³/mol. The first-order valence-electron chi connectivity index (χ1n) is 8.64. The van der Waals surface area contributed by atoms with Gasteiger partial charge in [0.15, 0.2) is 0 Å². The second-order valence-electron chi connectivity index (χ2n) is 7.72. The Balaban J connectivity index is 0.00000208. The number of hydrogen-bond acceptors (Lipinski definition) is 3. The van der Waals surface area contributed by atoms with E-state index in [2.05, 4.69) is 14.1 Å².